The summed E-state index contributed by atoms with van der Waals surface area (Å²) in [4.78, 5) is 4.17. The number of anilines is 1. The van der Waals surface area contributed by atoms with Crippen LogP contribution in [0.25, 0.3) is 0 Å². The zero-order valence-electron chi connectivity index (χ0n) is 9.37. The first-order valence-corrected chi connectivity index (χ1v) is 5.64. The van der Waals surface area contributed by atoms with Gasteiger partial charge >= 0.3 is 0 Å². The molecule has 1 aromatic carbocycles. The Labute approximate surface area is 104 Å². The van der Waals surface area contributed by atoms with E-state index in [1.165, 1.54) is 12.1 Å². The summed E-state index contributed by atoms with van der Waals surface area (Å²) in [5.41, 5.74) is 2.73. The van der Waals surface area contributed by atoms with E-state index >= 15 is 0 Å². The highest BCUT2D eigenvalue weighted by molar-refractivity contribution is 6.31. The van der Waals surface area contributed by atoms with Crippen LogP contribution >= 0.6 is 11.6 Å². The average molecular weight is 251 g/mol. The summed E-state index contributed by atoms with van der Waals surface area (Å²) in [7, 11) is 0. The molecular weight excluding hydrogens is 239 g/mol. The highest BCUT2D eigenvalue weighted by Gasteiger charge is 2.03. The minimum absolute atomic E-state index is 0.323. The van der Waals surface area contributed by atoms with Crippen molar-refractivity contribution in [2.45, 2.75) is 13.5 Å². The Hall–Kier alpha value is -1.61. The lowest BCUT2D eigenvalue weighted by Crippen LogP contribution is -2.02. The van der Waals surface area contributed by atoms with Crippen LogP contribution in [0.5, 0.6) is 0 Å². The maximum atomic E-state index is 12.9. The predicted molar refractivity (Wildman–Crippen MR) is 67.7 cm³/mol. The Bertz CT molecular complexity index is 529. The van der Waals surface area contributed by atoms with Crippen LogP contribution in [0.15, 0.2) is 36.5 Å². The first-order chi connectivity index (χ1) is 8.16. The lowest BCUT2D eigenvalue weighted by atomic mass is 10.2. The second-order valence-corrected chi connectivity index (χ2v) is 4.13. The van der Waals surface area contributed by atoms with Crippen LogP contribution in [0.4, 0.5) is 10.1 Å². The van der Waals surface area contributed by atoms with E-state index in [0.29, 0.717) is 11.6 Å². The van der Waals surface area contributed by atoms with Gasteiger partial charge in [0, 0.05) is 17.8 Å². The third-order valence-electron chi connectivity index (χ3n) is 2.49. The van der Waals surface area contributed by atoms with Gasteiger partial charge in [-0.25, -0.2) is 4.39 Å². The molecule has 0 radical (unpaired) electrons. The van der Waals surface area contributed by atoms with Gasteiger partial charge in [-0.2, -0.15) is 0 Å². The van der Waals surface area contributed by atoms with Crippen LogP contribution in [0.3, 0.4) is 0 Å². The Morgan fingerprint density at radius 2 is 2.18 bits per heavy atom. The van der Waals surface area contributed by atoms with E-state index in [9.17, 15) is 4.39 Å². The standard InChI is InChI=1S/C13H12ClFN2/c1-9-13(3-2-6-16-9)17-8-10-4-5-11(15)7-12(10)14/h2-7,17H,8H2,1H3. The van der Waals surface area contributed by atoms with Crippen LogP contribution < -0.4 is 5.32 Å². The zero-order valence-corrected chi connectivity index (χ0v) is 10.1. The van der Waals surface area contributed by atoms with Crippen LogP contribution in [0, 0.1) is 12.7 Å². The molecule has 2 rings (SSSR count). The molecule has 0 unspecified atom stereocenters. The second kappa shape index (κ2) is 5.15. The maximum absolute atomic E-state index is 12.9. The van der Waals surface area contributed by atoms with Gasteiger partial charge in [0.05, 0.1) is 11.4 Å². The predicted octanol–water partition coefficient (Wildman–Crippen LogP) is 3.79. The van der Waals surface area contributed by atoms with Crippen molar-refractivity contribution in [2.75, 3.05) is 5.32 Å². The molecule has 0 saturated carbocycles. The van der Waals surface area contributed by atoms with Gasteiger partial charge in [0.25, 0.3) is 0 Å². The molecule has 88 valence electrons. The number of pyridine rings is 1. The highest BCUT2D eigenvalue weighted by Crippen LogP contribution is 2.19. The number of halogens is 2. The van der Waals surface area contributed by atoms with Gasteiger partial charge in [-0.15, -0.1) is 0 Å². The van der Waals surface area contributed by atoms with E-state index in [0.717, 1.165) is 16.9 Å². The third-order valence-corrected chi connectivity index (χ3v) is 2.84. The zero-order chi connectivity index (χ0) is 12.3. The molecule has 1 heterocycles. The van der Waals surface area contributed by atoms with Crippen molar-refractivity contribution in [1.29, 1.82) is 0 Å². The molecule has 1 aromatic heterocycles. The van der Waals surface area contributed by atoms with Gasteiger partial charge in [0.1, 0.15) is 5.82 Å². The third kappa shape index (κ3) is 2.94. The summed E-state index contributed by atoms with van der Waals surface area (Å²) >= 11 is 5.94. The van der Waals surface area contributed by atoms with Crippen LogP contribution in [0.1, 0.15) is 11.3 Å². The number of nitrogens with one attached hydrogen (secondary N) is 1. The maximum Gasteiger partial charge on any atom is 0.124 e. The summed E-state index contributed by atoms with van der Waals surface area (Å²) in [5, 5.41) is 3.65. The molecule has 2 aromatic rings. The van der Waals surface area contributed by atoms with Crippen LogP contribution in [-0.4, -0.2) is 4.98 Å². The van der Waals surface area contributed by atoms with Gasteiger partial charge in [-0.05, 0) is 36.8 Å². The van der Waals surface area contributed by atoms with E-state index in [1.807, 2.05) is 19.1 Å². The largest absolute Gasteiger partial charge is 0.379 e. The number of hydrogen-bond donors (Lipinski definition) is 1. The van der Waals surface area contributed by atoms with E-state index in [2.05, 4.69) is 10.3 Å². The quantitative estimate of drug-likeness (QED) is 0.896. The number of aromatic nitrogens is 1. The van der Waals surface area contributed by atoms with E-state index < -0.39 is 0 Å². The van der Waals surface area contributed by atoms with Gasteiger partial charge in [0.2, 0.25) is 0 Å². The topological polar surface area (TPSA) is 24.9 Å². The van der Waals surface area contributed by atoms with E-state index in [-0.39, 0.29) is 5.82 Å². The number of hydrogen-bond acceptors (Lipinski definition) is 2. The minimum atomic E-state index is -0.323. The first kappa shape index (κ1) is 11.9. The van der Waals surface area contributed by atoms with Crippen molar-refractivity contribution in [3.05, 3.63) is 58.6 Å². The van der Waals surface area contributed by atoms with Crippen molar-refractivity contribution < 1.29 is 4.39 Å². The fraction of sp³-hybridized carbons (Fsp3) is 0.154. The summed E-state index contributed by atoms with van der Waals surface area (Å²) < 4.78 is 12.9. The van der Waals surface area contributed by atoms with E-state index in [4.69, 9.17) is 11.6 Å². The summed E-state index contributed by atoms with van der Waals surface area (Å²) in [5.74, 6) is -0.323. The molecule has 17 heavy (non-hydrogen) atoms. The number of benzene rings is 1. The fourth-order valence-corrected chi connectivity index (χ4v) is 1.76. The fourth-order valence-electron chi connectivity index (χ4n) is 1.53. The molecule has 0 amide bonds. The molecule has 2 nitrogen and oxygen atoms in total. The molecule has 0 atom stereocenters. The average Bonchev–Trinajstić information content (AvgIpc) is 2.30. The van der Waals surface area contributed by atoms with Gasteiger partial charge in [-0.1, -0.05) is 17.7 Å². The van der Waals surface area contributed by atoms with Crippen molar-refractivity contribution in [3.63, 3.8) is 0 Å². The molecule has 1 N–H and O–H groups in total. The smallest absolute Gasteiger partial charge is 0.124 e. The van der Waals surface area contributed by atoms with Gasteiger partial charge in [-0.3, -0.25) is 4.98 Å². The van der Waals surface area contributed by atoms with Gasteiger partial charge in [0.15, 0.2) is 0 Å². The van der Waals surface area contributed by atoms with Crippen molar-refractivity contribution in [1.82, 2.24) is 4.98 Å². The minimum Gasteiger partial charge on any atom is -0.379 e. The molecule has 0 spiro atoms. The van der Waals surface area contributed by atoms with Gasteiger partial charge < -0.3 is 5.32 Å². The Kier molecular flexibility index (Phi) is 3.59. The molecule has 0 bridgehead atoms. The number of aryl methyl sites for hydroxylation is 1. The van der Waals surface area contributed by atoms with Crippen LogP contribution in [-0.2, 0) is 6.54 Å². The molecular formula is C13H12ClFN2. The molecule has 4 heteroatoms. The molecule has 0 fully saturated rings. The lowest BCUT2D eigenvalue weighted by Gasteiger charge is -2.09. The monoisotopic (exact) mass is 250 g/mol. The summed E-state index contributed by atoms with van der Waals surface area (Å²) in [6.07, 6.45) is 1.74. The highest BCUT2D eigenvalue weighted by atomic mass is 35.5. The summed E-state index contributed by atoms with van der Waals surface area (Å²) in [6.45, 7) is 2.47. The Morgan fingerprint density at radius 3 is 2.88 bits per heavy atom. The molecule has 0 aliphatic rings. The molecule has 0 saturated heterocycles. The van der Waals surface area contributed by atoms with Crippen molar-refractivity contribution in [3.8, 4) is 0 Å². The van der Waals surface area contributed by atoms with E-state index in [1.54, 1.807) is 12.3 Å². The molecule has 0 aliphatic carbocycles. The van der Waals surface area contributed by atoms with Crippen molar-refractivity contribution >= 4 is 17.3 Å². The lowest BCUT2D eigenvalue weighted by molar-refractivity contribution is 0.627. The summed E-state index contributed by atoms with van der Waals surface area (Å²) in [6, 6.07) is 8.20. The first-order valence-electron chi connectivity index (χ1n) is 5.26. The Morgan fingerprint density at radius 1 is 1.35 bits per heavy atom. The SMILES string of the molecule is Cc1ncccc1NCc1ccc(F)cc1Cl. The second-order valence-electron chi connectivity index (χ2n) is 3.73. The number of rotatable bonds is 3. The Balaban J connectivity index is 2.10. The number of nitrogens with zero attached hydrogens (tertiary/aromatic N) is 1. The molecule has 0 aliphatic heterocycles. The van der Waals surface area contributed by atoms with Crippen molar-refractivity contribution in [2.24, 2.45) is 0 Å². The van der Waals surface area contributed by atoms with Crippen LogP contribution in [0.2, 0.25) is 5.02 Å². The normalized spacial score (nSPS) is 10.3.